The molecule has 1 aromatic heterocycles. The van der Waals surface area contributed by atoms with E-state index < -0.39 is 199 Å². The summed E-state index contributed by atoms with van der Waals surface area (Å²) in [5.74, 6) is -16.5. The highest BCUT2D eigenvalue weighted by Crippen LogP contribution is 2.30. The number of aromatic hydroxyl groups is 1. The second-order valence-corrected chi connectivity index (χ2v) is 34.8. The molecule has 15 amide bonds. The van der Waals surface area contributed by atoms with E-state index in [0.717, 1.165) is 32.9 Å². The van der Waals surface area contributed by atoms with Gasteiger partial charge in [0.2, 0.25) is 88.6 Å². The zero-order valence-corrected chi connectivity index (χ0v) is 76.0. The van der Waals surface area contributed by atoms with E-state index in [1.54, 1.807) is 148 Å². The van der Waals surface area contributed by atoms with Gasteiger partial charge in [-0.25, -0.2) is 0 Å². The predicted octanol–water partition coefficient (Wildman–Crippen LogP) is 3.82. The number of carboxylic acids is 1. The number of rotatable bonds is 24. The summed E-state index contributed by atoms with van der Waals surface area (Å²) >= 11 is 0.846. The third kappa shape index (κ3) is 31.0. The summed E-state index contributed by atoms with van der Waals surface area (Å²) in [7, 11) is 6.67. The fourth-order valence-electron chi connectivity index (χ4n) is 16.0. The maximum atomic E-state index is 15.7. The summed E-state index contributed by atoms with van der Waals surface area (Å²) in [6, 6.07) is 22.4. The van der Waals surface area contributed by atoms with Gasteiger partial charge in [0.05, 0.1) is 31.8 Å². The summed E-state index contributed by atoms with van der Waals surface area (Å²) < 4.78 is 0. The number of allylic oxidation sites excluding steroid dienone is 2. The monoisotopic (exact) mass is 1810 g/mol. The van der Waals surface area contributed by atoms with Crippen LogP contribution in [0.15, 0.2) is 170 Å². The summed E-state index contributed by atoms with van der Waals surface area (Å²) in [6.07, 6.45) is 6.26. The molecule has 1 aliphatic heterocycles. The summed E-state index contributed by atoms with van der Waals surface area (Å²) in [6.45, 7) is 8.63. The van der Waals surface area contributed by atoms with Gasteiger partial charge in [0, 0.05) is 90.2 Å². The molecule has 1 saturated carbocycles. The van der Waals surface area contributed by atoms with Crippen molar-refractivity contribution in [3.05, 3.63) is 198 Å². The Hall–Kier alpha value is -13.2. The lowest BCUT2D eigenvalue weighted by Crippen LogP contribution is -2.61. The molecule has 2 aliphatic rings. The van der Waals surface area contributed by atoms with Gasteiger partial charge in [0.1, 0.15) is 72.2 Å². The highest BCUT2D eigenvalue weighted by Gasteiger charge is 2.43. The number of nitrogens with two attached hydrogens (primary N) is 1. The summed E-state index contributed by atoms with van der Waals surface area (Å²) in [5.41, 5.74) is 9.37. The van der Waals surface area contributed by atoms with Crippen molar-refractivity contribution >= 4 is 117 Å². The Morgan fingerprint density at radius 3 is 1.60 bits per heavy atom. The second kappa shape index (κ2) is 50.5. The molecule has 1 aliphatic carbocycles. The number of likely N-dealkylation sites (N-methyl/N-ethyl adjacent to an activating group) is 5. The maximum Gasteiger partial charge on any atom is 0.305 e. The first kappa shape index (κ1) is 102. The molecule has 0 radical (unpaired) electrons. The van der Waals surface area contributed by atoms with E-state index in [1.165, 1.54) is 75.4 Å². The number of amides is 15. The number of aromatic amines is 1. The smallest absolute Gasteiger partial charge is 0.305 e. The quantitative estimate of drug-likeness (QED) is 0.0383. The first-order chi connectivity index (χ1) is 62.0. The second-order valence-electron chi connectivity index (χ2n) is 33.8. The Morgan fingerprint density at radius 1 is 0.523 bits per heavy atom. The number of H-pyrrole nitrogens is 1. The van der Waals surface area contributed by atoms with E-state index in [0.29, 0.717) is 82.8 Å². The van der Waals surface area contributed by atoms with Crippen LogP contribution in [0.4, 0.5) is 0 Å². The largest absolute Gasteiger partial charge is 0.508 e. The van der Waals surface area contributed by atoms with Crippen LogP contribution in [-0.2, 0) is 109 Å². The average Bonchev–Trinajstić information content (AvgIpc) is 0.997. The van der Waals surface area contributed by atoms with Gasteiger partial charge in [-0.15, -0.1) is 11.8 Å². The minimum Gasteiger partial charge on any atom is -0.508 e. The number of carboxylic acid groups (broad SMARTS) is 1. The number of aromatic nitrogens is 1. The van der Waals surface area contributed by atoms with Gasteiger partial charge >= 0.3 is 5.97 Å². The van der Waals surface area contributed by atoms with Gasteiger partial charge in [0.15, 0.2) is 0 Å². The number of para-hydroxylation sites is 1. The normalized spacial score (nSPS) is 22.8. The third-order valence-electron chi connectivity index (χ3n) is 23.1. The molecule has 14 N–H and O–H groups in total. The van der Waals surface area contributed by atoms with Crippen molar-refractivity contribution in [1.82, 2.24) is 77.3 Å². The number of thioether (sulfide) groups is 1. The molecular weight excluding hydrogens is 1690 g/mol. The zero-order valence-electron chi connectivity index (χ0n) is 75.2. The Kier molecular flexibility index (Phi) is 39.7. The molecule has 34 nitrogen and oxygen atoms in total. The van der Waals surface area contributed by atoms with Gasteiger partial charge in [0.25, 0.3) is 0 Å². The van der Waals surface area contributed by atoms with E-state index in [9.17, 15) is 48.6 Å². The van der Waals surface area contributed by atoms with Crippen LogP contribution < -0.4 is 53.6 Å². The standard InChI is InChI=1S/C95H124N16O18S/c1-11-13-39-76-93(127)108(7)55-81(115)100-72(51-83(117)118)89(123)106-84(64-35-24-17-25-36-64)95(129)110(9)77(48-61-31-20-15-21-32-61)90(124)104-73(47-63-40-42-66(112)43-41-63)91(125)107(6)54-80(114)99-71(50-65-52-97-68-38-27-26-37-67(65)68)88(122)103-70(45-59(5)28-12-2)87(121)102-69(44-58(3)4)86(120)105-75(85(119)98-53-79(96)113)56-130-57-82(116)101-74(46-60-29-18-14-19-30-60)92(126)111(10)78(94(128)109(76)8)49-62-33-22-16-23-34-62/h12,14-16,18-23,26-34,37-38,40-43,52,58,64,69-78,84,97,112H,2,11,13,17,24-25,35-36,39,44-51,53-57H2,1,3-10H3,(H2,96,113)(H,98,119)(H,99,114)(H,100,115)(H,101,116)(H,102,121)(H,103,122)(H,104,124)(H,105,120)(H,106,123)(H,117,118)/b59-28+/t69-,70-,71-,72-,73-,74-,75-,76-,77?,78-,84-/m0/s1. The van der Waals surface area contributed by atoms with Crippen molar-refractivity contribution in [1.29, 1.82) is 0 Å². The lowest BCUT2D eigenvalue weighted by molar-refractivity contribution is -0.151. The average molecular weight is 1810 g/mol. The Labute approximate surface area is 762 Å². The number of hydrogen-bond donors (Lipinski definition) is 13. The molecule has 2 fully saturated rings. The van der Waals surface area contributed by atoms with Crippen LogP contribution in [0.3, 0.4) is 0 Å². The first-order valence-electron chi connectivity index (χ1n) is 43.8. The fraction of sp³-hybridized carbons (Fsp3) is 0.453. The molecular formula is C95H124N16O18S. The number of nitrogens with one attached hydrogen (secondary N) is 10. The van der Waals surface area contributed by atoms with Crippen LogP contribution in [0.25, 0.3) is 10.9 Å². The van der Waals surface area contributed by atoms with Crippen LogP contribution >= 0.6 is 11.8 Å². The van der Waals surface area contributed by atoms with Crippen molar-refractivity contribution in [2.75, 3.05) is 66.4 Å². The zero-order chi connectivity index (χ0) is 94.8. The molecule has 35 heteroatoms. The number of phenolic OH excluding ortho intramolecular Hbond substituents is 1. The molecule has 11 atom stereocenters. The number of unbranched alkanes of at least 4 members (excludes halogenated alkanes) is 1. The van der Waals surface area contributed by atoms with E-state index in [4.69, 9.17) is 5.73 Å². The molecule has 130 heavy (non-hydrogen) atoms. The fourth-order valence-corrected chi connectivity index (χ4v) is 16.9. The summed E-state index contributed by atoms with van der Waals surface area (Å²) in [5, 5.41) is 45.8. The van der Waals surface area contributed by atoms with Crippen LogP contribution in [0.5, 0.6) is 5.75 Å². The molecule has 698 valence electrons. The van der Waals surface area contributed by atoms with Gasteiger partial charge in [-0.1, -0.05) is 199 Å². The van der Waals surface area contributed by atoms with Crippen LogP contribution in [0.2, 0.25) is 0 Å². The SMILES string of the molecule is C=C/C=C(\C)C[C@@H]1NC(=O)[C@H](Cc2c[nH]c3ccccc23)NC(=O)CN(C)C(=O)[C@H](Cc2ccc(O)cc2)NC(=O)C(Cc2ccccc2)N(C)C(=O)[C@H](C2CCCCC2)NC(=O)[C@H](CC(=O)O)NC(=O)CN(C)C(=O)[C@H](CCCC)N(C)C(=O)[C@H](Cc2ccccc2)N(C)C(=O)[C@H](Cc2ccccc2)NC(=O)CSC[C@@H](C(=O)NCC(N)=O)NC(=O)[C@H](CC(C)C)NC1=O. The number of phenols is 1. The number of benzene rings is 5. The number of aliphatic carboxylic acids is 1. The van der Waals surface area contributed by atoms with Crippen LogP contribution in [-0.4, -0.2) is 267 Å². The highest BCUT2D eigenvalue weighted by molar-refractivity contribution is 8.00. The van der Waals surface area contributed by atoms with E-state index in [2.05, 4.69) is 59.4 Å². The minimum atomic E-state index is -1.88. The predicted molar refractivity (Wildman–Crippen MR) is 491 cm³/mol. The molecule has 2 heterocycles. The number of carbonyl (C=O) groups is 16. The number of hydrogen-bond acceptors (Lipinski definition) is 18. The first-order valence-corrected chi connectivity index (χ1v) is 45.0. The van der Waals surface area contributed by atoms with Crippen molar-refractivity contribution in [2.24, 2.45) is 17.6 Å². The summed E-state index contributed by atoms with van der Waals surface area (Å²) in [4.78, 5) is 245. The Morgan fingerprint density at radius 2 is 1.02 bits per heavy atom. The minimum absolute atomic E-state index is 0.0412. The molecule has 0 spiro atoms. The lowest BCUT2D eigenvalue weighted by Gasteiger charge is -2.37. The van der Waals surface area contributed by atoms with Gasteiger partial charge in [-0.2, -0.15) is 0 Å². The number of primary amides is 1. The third-order valence-corrected chi connectivity index (χ3v) is 24.1. The van der Waals surface area contributed by atoms with Crippen molar-refractivity contribution < 1.29 is 86.9 Å². The van der Waals surface area contributed by atoms with Crippen LogP contribution in [0, 0.1) is 11.8 Å². The number of fused-ring (bicyclic) bond motifs is 1. The number of carbonyl (C=O) groups excluding carboxylic acids is 15. The number of nitrogens with zero attached hydrogens (tertiary/aromatic N) is 5. The van der Waals surface area contributed by atoms with E-state index >= 15 is 38.4 Å². The Bertz CT molecular complexity index is 4970. The van der Waals surface area contributed by atoms with Crippen LogP contribution in [0.1, 0.15) is 126 Å². The molecule has 1 unspecified atom stereocenters. The molecule has 8 rings (SSSR count). The van der Waals surface area contributed by atoms with Crippen molar-refractivity contribution in [3.63, 3.8) is 0 Å². The van der Waals surface area contributed by atoms with Gasteiger partial charge < -0.3 is 93.3 Å². The van der Waals surface area contributed by atoms with Gasteiger partial charge in [-0.05, 0) is 96.9 Å². The highest BCUT2D eigenvalue weighted by atomic mass is 32.2. The van der Waals surface area contributed by atoms with Gasteiger partial charge in [-0.3, -0.25) is 76.7 Å². The van der Waals surface area contributed by atoms with E-state index in [-0.39, 0.29) is 68.8 Å². The molecule has 0 bridgehead atoms. The molecule has 1 saturated heterocycles. The molecule has 5 aromatic carbocycles. The lowest BCUT2D eigenvalue weighted by atomic mass is 9.83. The molecule has 6 aromatic rings. The van der Waals surface area contributed by atoms with E-state index in [1.807, 2.05) is 6.92 Å². The topological polar surface area (TPSA) is 480 Å². The maximum absolute atomic E-state index is 15.7. The van der Waals surface area contributed by atoms with Crippen molar-refractivity contribution in [3.8, 4) is 5.75 Å². The van der Waals surface area contributed by atoms with Crippen molar-refractivity contribution in [2.45, 2.75) is 197 Å². The Balaban J connectivity index is 1.22.